The Morgan fingerprint density at radius 3 is 2.73 bits per heavy atom. The normalized spacial score (nSPS) is 14.9. The fourth-order valence-corrected chi connectivity index (χ4v) is 6.15. The number of hydrogen-bond donors (Lipinski definition) is 0. The Bertz CT molecular complexity index is 1420. The Morgan fingerprint density at radius 1 is 1.18 bits per heavy atom. The zero-order valence-corrected chi connectivity index (χ0v) is 20.4. The standard InChI is InChI=1S/C26H24N2O3S2/c1-16-8-7-11-18(12-16)28-24(30)22-19-13-26(2,3)31-14-21(19)33-23(22)27-25(28)32-15-20(29)17-9-5-4-6-10-17/h4-12H,13-15H2,1-3H3. The van der Waals surface area contributed by atoms with Crippen molar-refractivity contribution in [2.24, 2.45) is 0 Å². The van der Waals surface area contributed by atoms with E-state index in [1.807, 2.05) is 75.4 Å². The molecule has 0 unspecified atom stereocenters. The van der Waals surface area contributed by atoms with Crippen LogP contribution in [0.15, 0.2) is 64.5 Å². The number of aryl methyl sites for hydroxylation is 1. The lowest BCUT2D eigenvalue weighted by atomic mass is 9.94. The van der Waals surface area contributed by atoms with Crippen LogP contribution in [-0.2, 0) is 17.8 Å². The topological polar surface area (TPSA) is 61.2 Å². The second kappa shape index (κ2) is 8.56. The highest BCUT2D eigenvalue weighted by Crippen LogP contribution is 2.38. The molecule has 0 atom stereocenters. The predicted molar refractivity (Wildman–Crippen MR) is 134 cm³/mol. The van der Waals surface area contributed by atoms with Gasteiger partial charge in [-0.25, -0.2) is 4.98 Å². The van der Waals surface area contributed by atoms with E-state index in [2.05, 4.69) is 0 Å². The lowest BCUT2D eigenvalue weighted by Gasteiger charge is -2.29. The first kappa shape index (κ1) is 22.1. The highest BCUT2D eigenvalue weighted by atomic mass is 32.2. The number of ether oxygens (including phenoxy) is 1. The highest BCUT2D eigenvalue weighted by molar-refractivity contribution is 7.99. The molecular formula is C26H24N2O3S2. The van der Waals surface area contributed by atoms with Gasteiger partial charge in [0.15, 0.2) is 10.9 Å². The Balaban J connectivity index is 1.64. The SMILES string of the molecule is Cc1cccc(-n2c(SCC(=O)c3ccccc3)nc3sc4c(c3c2=O)CC(C)(C)OC4)c1. The molecule has 0 radical (unpaired) electrons. The average molecular weight is 477 g/mol. The number of carbonyl (C=O) groups is 1. The third-order valence-corrected chi connectivity index (χ3v) is 7.80. The van der Waals surface area contributed by atoms with Gasteiger partial charge in [0.2, 0.25) is 0 Å². The van der Waals surface area contributed by atoms with Crippen LogP contribution in [0.3, 0.4) is 0 Å². The molecule has 0 fully saturated rings. The van der Waals surface area contributed by atoms with Gasteiger partial charge in [-0.05, 0) is 44.0 Å². The number of benzene rings is 2. The minimum absolute atomic E-state index is 0.00589. The van der Waals surface area contributed by atoms with Crippen LogP contribution in [0.1, 0.15) is 40.2 Å². The summed E-state index contributed by atoms with van der Waals surface area (Å²) in [4.78, 5) is 33.3. The largest absolute Gasteiger partial charge is 0.370 e. The van der Waals surface area contributed by atoms with E-state index in [9.17, 15) is 9.59 Å². The van der Waals surface area contributed by atoms with E-state index in [-0.39, 0.29) is 22.7 Å². The third-order valence-electron chi connectivity index (χ3n) is 5.76. The molecule has 7 heteroatoms. The number of Topliss-reactive ketones (excluding diaryl/α,β-unsaturated/α-hetero) is 1. The molecule has 4 aromatic rings. The first-order valence-electron chi connectivity index (χ1n) is 10.8. The van der Waals surface area contributed by atoms with Crippen molar-refractivity contribution < 1.29 is 9.53 Å². The van der Waals surface area contributed by atoms with E-state index in [4.69, 9.17) is 9.72 Å². The van der Waals surface area contributed by atoms with Gasteiger partial charge in [0.1, 0.15) is 4.83 Å². The van der Waals surface area contributed by atoms with Crippen LogP contribution in [0.4, 0.5) is 0 Å². The molecule has 3 heterocycles. The van der Waals surface area contributed by atoms with Crippen LogP contribution < -0.4 is 5.56 Å². The number of carbonyl (C=O) groups excluding carboxylic acids is 1. The van der Waals surface area contributed by atoms with E-state index >= 15 is 0 Å². The zero-order valence-electron chi connectivity index (χ0n) is 18.8. The molecule has 0 bridgehead atoms. The lowest BCUT2D eigenvalue weighted by Crippen LogP contribution is -2.32. The maximum Gasteiger partial charge on any atom is 0.267 e. The van der Waals surface area contributed by atoms with E-state index in [0.717, 1.165) is 21.7 Å². The van der Waals surface area contributed by atoms with Crippen LogP contribution >= 0.6 is 23.1 Å². The second-order valence-corrected chi connectivity index (χ2v) is 10.9. The van der Waals surface area contributed by atoms with Gasteiger partial charge >= 0.3 is 0 Å². The van der Waals surface area contributed by atoms with Crippen molar-refractivity contribution in [2.75, 3.05) is 5.75 Å². The maximum absolute atomic E-state index is 13.9. The number of fused-ring (bicyclic) bond motifs is 3. The minimum atomic E-state index is -0.322. The van der Waals surface area contributed by atoms with Crippen molar-refractivity contribution in [1.29, 1.82) is 0 Å². The van der Waals surface area contributed by atoms with Gasteiger partial charge < -0.3 is 4.74 Å². The van der Waals surface area contributed by atoms with Gasteiger partial charge in [-0.1, -0.05) is 54.2 Å². The molecule has 0 aliphatic carbocycles. The molecule has 5 nitrogen and oxygen atoms in total. The minimum Gasteiger partial charge on any atom is -0.370 e. The van der Waals surface area contributed by atoms with E-state index in [1.54, 1.807) is 4.57 Å². The molecule has 1 aliphatic rings. The third kappa shape index (κ3) is 4.28. The zero-order chi connectivity index (χ0) is 23.2. The summed E-state index contributed by atoms with van der Waals surface area (Å²) in [6.07, 6.45) is 0.673. The van der Waals surface area contributed by atoms with Gasteiger partial charge in [-0.15, -0.1) is 11.3 Å². The predicted octanol–water partition coefficient (Wildman–Crippen LogP) is 5.58. The van der Waals surface area contributed by atoms with Crippen LogP contribution in [0, 0.1) is 6.92 Å². The van der Waals surface area contributed by atoms with Gasteiger partial charge in [0, 0.05) is 16.9 Å². The number of ketones is 1. The van der Waals surface area contributed by atoms with Crippen molar-refractivity contribution in [3.05, 3.63) is 86.5 Å². The number of rotatable bonds is 5. The highest BCUT2D eigenvalue weighted by Gasteiger charge is 2.31. The molecule has 33 heavy (non-hydrogen) atoms. The molecule has 0 spiro atoms. The first-order valence-corrected chi connectivity index (χ1v) is 12.6. The van der Waals surface area contributed by atoms with Crippen molar-refractivity contribution in [2.45, 2.75) is 44.6 Å². The molecule has 0 saturated carbocycles. The van der Waals surface area contributed by atoms with Gasteiger partial charge in [-0.3, -0.25) is 14.2 Å². The van der Waals surface area contributed by atoms with Crippen LogP contribution in [0.25, 0.3) is 15.9 Å². The number of nitrogens with zero attached hydrogens (tertiary/aromatic N) is 2. The summed E-state index contributed by atoms with van der Waals surface area (Å²) in [5.74, 6) is 0.209. The van der Waals surface area contributed by atoms with E-state index in [1.165, 1.54) is 23.1 Å². The average Bonchev–Trinajstić information content (AvgIpc) is 3.14. The van der Waals surface area contributed by atoms with Gasteiger partial charge in [0.05, 0.1) is 29.0 Å². The first-order chi connectivity index (χ1) is 15.8. The number of hydrogen-bond acceptors (Lipinski definition) is 6. The molecule has 5 rings (SSSR count). The van der Waals surface area contributed by atoms with Crippen molar-refractivity contribution in [3.63, 3.8) is 0 Å². The van der Waals surface area contributed by atoms with Gasteiger partial charge in [-0.2, -0.15) is 0 Å². The van der Waals surface area contributed by atoms with Gasteiger partial charge in [0.25, 0.3) is 5.56 Å². The van der Waals surface area contributed by atoms with E-state index < -0.39 is 0 Å². The molecule has 0 saturated heterocycles. The number of thioether (sulfide) groups is 1. The smallest absolute Gasteiger partial charge is 0.267 e. The fraction of sp³-hybridized carbons (Fsp3) is 0.269. The summed E-state index contributed by atoms with van der Waals surface area (Å²) in [7, 11) is 0. The number of aromatic nitrogens is 2. The molecule has 1 aliphatic heterocycles. The van der Waals surface area contributed by atoms with Crippen molar-refractivity contribution >= 4 is 39.1 Å². The Labute approximate surface area is 200 Å². The summed E-state index contributed by atoms with van der Waals surface area (Å²) in [5, 5.41) is 1.20. The molecule has 168 valence electrons. The lowest BCUT2D eigenvalue weighted by molar-refractivity contribution is -0.0379. The van der Waals surface area contributed by atoms with E-state index in [0.29, 0.717) is 34.0 Å². The molecule has 0 amide bonds. The summed E-state index contributed by atoms with van der Waals surface area (Å²) < 4.78 is 7.63. The van der Waals surface area contributed by atoms with Crippen LogP contribution in [0.5, 0.6) is 0 Å². The maximum atomic E-state index is 13.9. The van der Waals surface area contributed by atoms with Crippen LogP contribution in [-0.4, -0.2) is 26.7 Å². The summed E-state index contributed by atoms with van der Waals surface area (Å²) in [5.41, 5.74) is 3.10. The quantitative estimate of drug-likeness (QED) is 0.214. The monoisotopic (exact) mass is 476 g/mol. The second-order valence-electron chi connectivity index (χ2n) is 8.86. The summed E-state index contributed by atoms with van der Waals surface area (Å²) in [6.45, 7) is 6.58. The van der Waals surface area contributed by atoms with Crippen molar-refractivity contribution in [1.82, 2.24) is 9.55 Å². The Morgan fingerprint density at radius 2 is 1.97 bits per heavy atom. The Kier molecular flexibility index (Phi) is 5.72. The van der Waals surface area contributed by atoms with Crippen LogP contribution in [0.2, 0.25) is 0 Å². The van der Waals surface area contributed by atoms with Crippen molar-refractivity contribution in [3.8, 4) is 5.69 Å². The molecule has 2 aromatic carbocycles. The molecule has 2 aromatic heterocycles. The molecular weight excluding hydrogens is 452 g/mol. The fourth-order valence-electron chi connectivity index (χ4n) is 4.10. The summed E-state index contributed by atoms with van der Waals surface area (Å²) in [6, 6.07) is 17.0. The summed E-state index contributed by atoms with van der Waals surface area (Å²) >= 11 is 2.82. The number of thiophene rings is 1. The molecule has 0 N–H and O–H groups in total. The Hall–Kier alpha value is -2.74.